The number of benzene rings is 3. The largest absolute Gasteiger partial charge is 0.294 e. The minimum atomic E-state index is -0.351. The van der Waals surface area contributed by atoms with E-state index in [1.54, 1.807) is 0 Å². The average molecular weight is 357 g/mol. The molecule has 0 saturated carbocycles. The number of ketones is 1. The summed E-state index contributed by atoms with van der Waals surface area (Å²) in [7, 11) is 0. The molecule has 27 heavy (non-hydrogen) atoms. The first-order valence-corrected chi connectivity index (χ1v) is 9.73. The summed E-state index contributed by atoms with van der Waals surface area (Å²) in [4.78, 5) is 12.4. The van der Waals surface area contributed by atoms with Crippen LogP contribution in [0.15, 0.2) is 72.8 Å². The highest BCUT2D eigenvalue weighted by atomic mass is 16.1. The summed E-state index contributed by atoms with van der Waals surface area (Å²) in [5.41, 5.74) is 6.57. The van der Waals surface area contributed by atoms with Gasteiger partial charge in [0.15, 0.2) is 5.78 Å². The van der Waals surface area contributed by atoms with Crippen LogP contribution in [0.2, 0.25) is 0 Å². The molecule has 0 aliphatic rings. The van der Waals surface area contributed by atoms with E-state index in [-0.39, 0.29) is 11.2 Å². The van der Waals surface area contributed by atoms with Crippen molar-refractivity contribution in [2.75, 3.05) is 0 Å². The van der Waals surface area contributed by atoms with Crippen molar-refractivity contribution in [2.45, 2.75) is 40.5 Å². The van der Waals surface area contributed by atoms with Gasteiger partial charge in [-0.3, -0.25) is 4.79 Å². The zero-order valence-electron chi connectivity index (χ0n) is 16.8. The molecule has 0 aliphatic carbocycles. The average Bonchev–Trinajstić information content (AvgIpc) is 2.68. The van der Waals surface area contributed by atoms with Crippen LogP contribution in [-0.4, -0.2) is 5.78 Å². The van der Waals surface area contributed by atoms with Crippen LogP contribution in [0.3, 0.4) is 0 Å². The minimum absolute atomic E-state index is 0.177. The Kier molecular flexibility index (Phi) is 5.60. The van der Waals surface area contributed by atoms with E-state index >= 15 is 0 Å². The number of carbonyl (C=O) groups excluding carboxylic acids is 1. The van der Waals surface area contributed by atoms with Gasteiger partial charge in [-0.25, -0.2) is 0 Å². The van der Waals surface area contributed by atoms with Gasteiger partial charge >= 0.3 is 0 Å². The van der Waals surface area contributed by atoms with E-state index < -0.39 is 0 Å². The van der Waals surface area contributed by atoms with Crippen LogP contribution in [0.4, 0.5) is 0 Å². The van der Waals surface area contributed by atoms with Gasteiger partial charge in [0, 0.05) is 11.0 Å². The fourth-order valence-corrected chi connectivity index (χ4v) is 3.25. The van der Waals surface area contributed by atoms with Crippen LogP contribution < -0.4 is 0 Å². The van der Waals surface area contributed by atoms with Gasteiger partial charge in [0.25, 0.3) is 0 Å². The Morgan fingerprint density at radius 2 is 1.04 bits per heavy atom. The second-order valence-electron chi connectivity index (χ2n) is 8.18. The van der Waals surface area contributed by atoms with Crippen molar-refractivity contribution in [2.24, 2.45) is 5.41 Å². The number of aryl methyl sites for hydroxylation is 1. The molecule has 0 spiro atoms. The molecule has 0 atom stereocenters. The fraction of sp³-hybridized carbons (Fsp3) is 0.269. The molecule has 0 aliphatic heterocycles. The molecule has 0 N–H and O–H groups in total. The number of rotatable bonds is 5. The lowest BCUT2D eigenvalue weighted by molar-refractivity contribution is 0.0858. The summed E-state index contributed by atoms with van der Waals surface area (Å²) in [5, 5.41) is 0. The van der Waals surface area contributed by atoms with Gasteiger partial charge in [-0.05, 0) is 34.2 Å². The number of Topliss-reactive ketones (excluding diaryl/α,β-unsaturated/α-hetero) is 1. The number of hydrogen-bond acceptors (Lipinski definition) is 1. The summed E-state index contributed by atoms with van der Waals surface area (Å²) in [6, 6.07) is 25.4. The molecule has 1 heteroatoms. The van der Waals surface area contributed by atoms with Crippen LogP contribution in [0.5, 0.6) is 0 Å². The molecule has 0 saturated heterocycles. The maximum Gasteiger partial charge on any atom is 0.168 e. The van der Waals surface area contributed by atoms with E-state index in [9.17, 15) is 4.79 Å². The zero-order valence-corrected chi connectivity index (χ0v) is 16.8. The Balaban J connectivity index is 1.78. The molecule has 138 valence electrons. The van der Waals surface area contributed by atoms with E-state index in [1.165, 1.54) is 23.1 Å². The first kappa shape index (κ1) is 19.1. The highest BCUT2D eigenvalue weighted by Crippen LogP contribution is 2.27. The van der Waals surface area contributed by atoms with Gasteiger partial charge in [-0.1, -0.05) is 107 Å². The number of carbonyl (C=O) groups is 1. The van der Waals surface area contributed by atoms with Gasteiger partial charge in [-0.2, -0.15) is 0 Å². The topological polar surface area (TPSA) is 17.1 Å². The predicted molar refractivity (Wildman–Crippen MR) is 115 cm³/mol. The Bertz CT molecular complexity index is 892. The maximum atomic E-state index is 12.4. The molecule has 0 radical (unpaired) electrons. The molecule has 0 amide bonds. The van der Waals surface area contributed by atoms with Crippen molar-refractivity contribution in [3.63, 3.8) is 0 Å². The minimum Gasteiger partial charge on any atom is -0.294 e. The molecule has 1 nitrogen and oxygen atoms in total. The molecule has 0 unspecified atom stereocenters. The van der Waals surface area contributed by atoms with Crippen molar-refractivity contribution in [3.8, 4) is 22.3 Å². The Morgan fingerprint density at radius 1 is 0.667 bits per heavy atom. The molecule has 0 aromatic heterocycles. The van der Waals surface area contributed by atoms with Gasteiger partial charge in [-0.15, -0.1) is 0 Å². The van der Waals surface area contributed by atoms with Crippen molar-refractivity contribution >= 4 is 5.78 Å². The van der Waals surface area contributed by atoms with Crippen LogP contribution >= 0.6 is 0 Å². The fourth-order valence-electron chi connectivity index (χ4n) is 3.25. The molecule has 0 fully saturated rings. The lowest BCUT2D eigenvalue weighted by atomic mass is 9.86. The van der Waals surface area contributed by atoms with Crippen LogP contribution in [0.25, 0.3) is 22.3 Å². The van der Waals surface area contributed by atoms with E-state index in [2.05, 4.69) is 55.5 Å². The molecular weight excluding hydrogens is 328 g/mol. The van der Waals surface area contributed by atoms with Crippen molar-refractivity contribution < 1.29 is 4.79 Å². The van der Waals surface area contributed by atoms with Gasteiger partial charge < -0.3 is 0 Å². The molecule has 0 heterocycles. The van der Waals surface area contributed by atoms with Gasteiger partial charge in [0.1, 0.15) is 0 Å². The predicted octanol–water partition coefficient (Wildman–Crippen LogP) is 7.20. The van der Waals surface area contributed by atoms with E-state index in [0.717, 1.165) is 23.1 Å². The van der Waals surface area contributed by atoms with E-state index in [1.807, 2.05) is 45.0 Å². The van der Waals surface area contributed by atoms with Crippen molar-refractivity contribution in [1.29, 1.82) is 0 Å². The Hall–Kier alpha value is -2.67. The third-order valence-electron chi connectivity index (χ3n) is 4.87. The quantitative estimate of drug-likeness (QED) is 0.442. The monoisotopic (exact) mass is 356 g/mol. The first-order valence-electron chi connectivity index (χ1n) is 9.73. The first-order chi connectivity index (χ1) is 12.9. The van der Waals surface area contributed by atoms with Crippen LogP contribution in [0.1, 0.15) is 50.0 Å². The zero-order chi connectivity index (χ0) is 19.4. The lowest BCUT2D eigenvalue weighted by Crippen LogP contribution is -2.19. The summed E-state index contributed by atoms with van der Waals surface area (Å²) >= 11 is 0. The van der Waals surface area contributed by atoms with Gasteiger partial charge in [0.2, 0.25) is 0 Å². The molecule has 3 aromatic rings. The van der Waals surface area contributed by atoms with E-state index in [4.69, 9.17) is 0 Å². The Labute approximate surface area is 163 Å². The van der Waals surface area contributed by atoms with Crippen LogP contribution in [0, 0.1) is 5.41 Å². The summed E-state index contributed by atoms with van der Waals surface area (Å²) in [5.74, 6) is 0.177. The third kappa shape index (κ3) is 4.54. The van der Waals surface area contributed by atoms with Gasteiger partial charge in [0.05, 0.1) is 0 Å². The Morgan fingerprint density at radius 3 is 1.41 bits per heavy atom. The second kappa shape index (κ2) is 7.92. The molecule has 3 rings (SSSR count). The number of hydrogen-bond donors (Lipinski definition) is 0. The summed E-state index contributed by atoms with van der Waals surface area (Å²) in [6.07, 6.45) is 2.31. The normalized spacial score (nSPS) is 11.4. The maximum absolute atomic E-state index is 12.4. The summed E-state index contributed by atoms with van der Waals surface area (Å²) < 4.78 is 0. The van der Waals surface area contributed by atoms with Crippen molar-refractivity contribution in [3.05, 3.63) is 83.9 Å². The standard InChI is InChI=1S/C26H28O/c1-5-6-19-7-9-20(10-8-19)21-11-13-22(14-12-21)23-15-17-24(18-16-23)25(27)26(2,3)4/h7-18H,5-6H2,1-4H3. The van der Waals surface area contributed by atoms with Crippen molar-refractivity contribution in [1.82, 2.24) is 0 Å². The highest BCUT2D eigenvalue weighted by molar-refractivity contribution is 6.00. The summed E-state index contributed by atoms with van der Waals surface area (Å²) in [6.45, 7) is 8.07. The SMILES string of the molecule is CCCc1ccc(-c2ccc(-c3ccc(C(=O)C(C)(C)C)cc3)cc2)cc1. The third-order valence-corrected chi connectivity index (χ3v) is 4.87. The lowest BCUT2D eigenvalue weighted by Gasteiger charge is -2.16. The molecule has 3 aromatic carbocycles. The smallest absolute Gasteiger partial charge is 0.168 e. The van der Waals surface area contributed by atoms with E-state index in [0.29, 0.717) is 0 Å². The highest BCUT2D eigenvalue weighted by Gasteiger charge is 2.22. The second-order valence-corrected chi connectivity index (χ2v) is 8.18. The van der Waals surface area contributed by atoms with Crippen LogP contribution in [-0.2, 0) is 6.42 Å². The molecule has 0 bridgehead atoms. The molecular formula is C26H28O.